The van der Waals surface area contributed by atoms with Crippen molar-refractivity contribution in [3.63, 3.8) is 0 Å². The van der Waals surface area contributed by atoms with Crippen LogP contribution in [0.3, 0.4) is 0 Å². The van der Waals surface area contributed by atoms with Crippen molar-refractivity contribution in [1.82, 2.24) is 4.90 Å². The Labute approximate surface area is 232 Å². The first-order chi connectivity index (χ1) is 19.3. The van der Waals surface area contributed by atoms with Crippen LogP contribution in [0.15, 0.2) is 69.9 Å². The average Bonchev–Trinajstić information content (AvgIpc) is 2.96. The van der Waals surface area contributed by atoms with Crippen molar-refractivity contribution in [2.75, 3.05) is 45.0 Å². The lowest BCUT2D eigenvalue weighted by atomic mass is 10.0. The molecule has 2 heterocycles. The second kappa shape index (κ2) is 11.7. The second-order valence-corrected chi connectivity index (χ2v) is 9.90. The van der Waals surface area contributed by atoms with Crippen molar-refractivity contribution < 1.29 is 23.4 Å². The van der Waals surface area contributed by atoms with Crippen LogP contribution in [0, 0.1) is 6.92 Å². The number of amides is 2. The van der Waals surface area contributed by atoms with Crippen LogP contribution in [0.25, 0.3) is 22.1 Å². The zero-order chi connectivity index (χ0) is 28.2. The Bertz CT molecular complexity index is 1590. The lowest BCUT2D eigenvalue weighted by molar-refractivity contribution is 0.113. The number of nitrogens with one attached hydrogen (secondary N) is 2. The zero-order valence-corrected chi connectivity index (χ0v) is 23.1. The summed E-state index contributed by atoms with van der Waals surface area (Å²) in [6.45, 7) is 3.85. The number of carbonyl (C=O) groups excluding carboxylic acids is 1. The highest BCUT2D eigenvalue weighted by molar-refractivity contribution is 6.01. The van der Waals surface area contributed by atoms with Crippen LogP contribution in [0.5, 0.6) is 17.2 Å². The van der Waals surface area contributed by atoms with Crippen molar-refractivity contribution >= 4 is 28.4 Å². The number of methoxy groups -OCH3 is 2. The molecule has 2 amide bonds. The maximum atomic E-state index is 12.9. The number of nitrogens with zero attached hydrogens (tertiary/aromatic N) is 1. The van der Waals surface area contributed by atoms with Gasteiger partial charge in [-0.15, -0.1) is 0 Å². The molecular formula is C31H33N3O6. The van der Waals surface area contributed by atoms with E-state index in [4.69, 9.17) is 18.6 Å². The molecule has 1 aliphatic rings. The van der Waals surface area contributed by atoms with Gasteiger partial charge in [0, 0.05) is 35.3 Å². The summed E-state index contributed by atoms with van der Waals surface area (Å²) < 4.78 is 22.7. The van der Waals surface area contributed by atoms with Gasteiger partial charge in [-0.3, -0.25) is 0 Å². The second-order valence-electron chi connectivity index (χ2n) is 9.90. The lowest BCUT2D eigenvalue weighted by Gasteiger charge is -2.29. The fourth-order valence-corrected chi connectivity index (χ4v) is 4.89. The molecule has 9 heteroatoms. The molecule has 0 aliphatic carbocycles. The fraction of sp³-hybridized carbons (Fsp3) is 0.290. The van der Waals surface area contributed by atoms with Crippen LogP contribution in [-0.4, -0.2) is 51.4 Å². The predicted octanol–water partition coefficient (Wildman–Crippen LogP) is 5.90. The first-order valence-corrected chi connectivity index (χ1v) is 13.2. The standard InChI is InChI=1S/C31H33N3O6/c1-19-27(39-23-12-14-34(2)15-13-23)10-8-21-17-26(30(35)40-29(19)21)33-31(36)32-22-9-11-28(38-4)25(18-22)20-6-5-7-24(16-20)37-3/h5-11,16-18,23H,12-15H2,1-4H3,(H2,32,33,36). The minimum atomic E-state index is -0.644. The molecule has 0 saturated carbocycles. The Hall–Kier alpha value is -4.50. The van der Waals surface area contributed by atoms with Crippen molar-refractivity contribution in [3.05, 3.63) is 76.6 Å². The maximum absolute atomic E-state index is 12.9. The number of fused-ring (bicyclic) bond motifs is 1. The molecule has 3 aromatic carbocycles. The lowest BCUT2D eigenvalue weighted by Crippen LogP contribution is -2.35. The smallest absolute Gasteiger partial charge is 0.360 e. The number of benzene rings is 3. The molecule has 40 heavy (non-hydrogen) atoms. The molecule has 4 aromatic rings. The van der Waals surface area contributed by atoms with E-state index in [1.165, 1.54) is 0 Å². The van der Waals surface area contributed by atoms with Gasteiger partial charge >= 0.3 is 11.7 Å². The molecule has 1 aliphatic heterocycles. The van der Waals surface area contributed by atoms with Crippen LogP contribution in [0.4, 0.5) is 16.2 Å². The summed E-state index contributed by atoms with van der Waals surface area (Å²) in [7, 11) is 5.30. The summed E-state index contributed by atoms with van der Waals surface area (Å²) >= 11 is 0. The molecule has 0 radical (unpaired) electrons. The molecule has 9 nitrogen and oxygen atoms in total. The van der Waals surface area contributed by atoms with E-state index in [2.05, 4.69) is 22.6 Å². The maximum Gasteiger partial charge on any atom is 0.360 e. The van der Waals surface area contributed by atoms with E-state index in [0.29, 0.717) is 33.9 Å². The molecule has 5 rings (SSSR count). The molecule has 0 unspecified atom stereocenters. The molecule has 1 aromatic heterocycles. The molecule has 0 bridgehead atoms. The number of likely N-dealkylation sites (tertiary alicyclic amines) is 1. The summed E-state index contributed by atoms with van der Waals surface area (Å²) in [6.07, 6.45) is 2.03. The minimum Gasteiger partial charge on any atom is -0.497 e. The van der Waals surface area contributed by atoms with E-state index in [1.54, 1.807) is 38.5 Å². The predicted molar refractivity (Wildman–Crippen MR) is 156 cm³/mol. The van der Waals surface area contributed by atoms with Crippen LogP contribution in [-0.2, 0) is 0 Å². The quantitative estimate of drug-likeness (QED) is 0.280. The molecule has 0 spiro atoms. The third-order valence-corrected chi connectivity index (χ3v) is 7.15. The summed E-state index contributed by atoms with van der Waals surface area (Å²) in [5, 5.41) is 6.09. The third-order valence-electron chi connectivity index (χ3n) is 7.15. The first kappa shape index (κ1) is 27.1. The van der Waals surface area contributed by atoms with Gasteiger partial charge in [0.05, 0.1) is 14.2 Å². The van der Waals surface area contributed by atoms with Crippen LogP contribution >= 0.6 is 0 Å². The number of urea groups is 1. The number of hydrogen-bond donors (Lipinski definition) is 2. The van der Waals surface area contributed by atoms with Crippen molar-refractivity contribution in [1.29, 1.82) is 0 Å². The summed E-state index contributed by atoms with van der Waals surface area (Å²) in [4.78, 5) is 28.0. The Balaban J connectivity index is 1.33. The van der Waals surface area contributed by atoms with Gasteiger partial charge in [-0.25, -0.2) is 9.59 Å². The van der Waals surface area contributed by atoms with Gasteiger partial charge in [0.2, 0.25) is 0 Å². The van der Waals surface area contributed by atoms with E-state index in [0.717, 1.165) is 42.6 Å². The summed E-state index contributed by atoms with van der Waals surface area (Å²) in [6, 6.07) is 17.6. The molecule has 1 saturated heterocycles. The normalized spacial score (nSPS) is 14.1. The number of anilines is 2. The number of carbonyl (C=O) groups is 1. The van der Waals surface area contributed by atoms with E-state index in [1.807, 2.05) is 43.3 Å². The van der Waals surface area contributed by atoms with Crippen molar-refractivity contribution in [2.45, 2.75) is 25.9 Å². The molecule has 208 valence electrons. The van der Waals surface area contributed by atoms with Crippen LogP contribution < -0.4 is 30.5 Å². The Morgan fingerprint density at radius 3 is 2.48 bits per heavy atom. The largest absolute Gasteiger partial charge is 0.497 e. The van der Waals surface area contributed by atoms with Crippen molar-refractivity contribution in [3.8, 4) is 28.4 Å². The highest BCUT2D eigenvalue weighted by Gasteiger charge is 2.20. The third kappa shape index (κ3) is 5.89. The highest BCUT2D eigenvalue weighted by atomic mass is 16.5. The van der Waals surface area contributed by atoms with Gasteiger partial charge in [0.25, 0.3) is 0 Å². The van der Waals surface area contributed by atoms with Gasteiger partial charge in [-0.2, -0.15) is 0 Å². The Morgan fingerprint density at radius 1 is 0.950 bits per heavy atom. The van der Waals surface area contributed by atoms with E-state index in [9.17, 15) is 9.59 Å². The van der Waals surface area contributed by atoms with Crippen molar-refractivity contribution in [2.24, 2.45) is 0 Å². The number of aryl methyl sites for hydroxylation is 1. The van der Waals surface area contributed by atoms with Gasteiger partial charge in [0.15, 0.2) is 0 Å². The summed E-state index contributed by atoms with van der Waals surface area (Å²) in [5.41, 5.74) is 2.76. The Morgan fingerprint density at radius 2 is 1.73 bits per heavy atom. The number of ether oxygens (including phenoxy) is 3. The Kier molecular flexibility index (Phi) is 7.93. The first-order valence-electron chi connectivity index (χ1n) is 13.2. The molecular weight excluding hydrogens is 510 g/mol. The molecule has 1 fully saturated rings. The van der Waals surface area contributed by atoms with E-state index < -0.39 is 11.7 Å². The topological polar surface area (TPSA) is 102 Å². The molecule has 2 N–H and O–H groups in total. The minimum absolute atomic E-state index is 0.0370. The highest BCUT2D eigenvalue weighted by Crippen LogP contribution is 2.34. The SMILES string of the molecule is COc1cccc(-c2cc(NC(=O)Nc3cc4ccc(OC5CCN(C)CC5)c(C)c4oc3=O)ccc2OC)c1. The fourth-order valence-electron chi connectivity index (χ4n) is 4.89. The zero-order valence-electron chi connectivity index (χ0n) is 23.1. The average molecular weight is 544 g/mol. The number of piperidine rings is 1. The van der Waals surface area contributed by atoms with Gasteiger partial charge in [-0.1, -0.05) is 12.1 Å². The monoisotopic (exact) mass is 543 g/mol. The summed E-state index contributed by atoms with van der Waals surface area (Å²) in [5.74, 6) is 2.05. The van der Waals surface area contributed by atoms with E-state index in [-0.39, 0.29) is 11.8 Å². The van der Waals surface area contributed by atoms with Gasteiger partial charge in [0.1, 0.15) is 34.6 Å². The number of rotatable bonds is 7. The number of hydrogen-bond acceptors (Lipinski definition) is 7. The van der Waals surface area contributed by atoms with Gasteiger partial charge in [-0.05, 0) is 80.9 Å². The van der Waals surface area contributed by atoms with Crippen LogP contribution in [0.2, 0.25) is 0 Å². The van der Waals surface area contributed by atoms with Gasteiger partial charge < -0.3 is 34.2 Å². The molecule has 0 atom stereocenters. The van der Waals surface area contributed by atoms with Crippen LogP contribution in [0.1, 0.15) is 18.4 Å². The van der Waals surface area contributed by atoms with E-state index >= 15 is 0 Å².